The molecule has 0 bridgehead atoms. The number of para-hydroxylation sites is 1. The lowest BCUT2D eigenvalue weighted by atomic mass is 10.0. The number of fused-ring (bicyclic) bond motifs is 1. The van der Waals surface area contributed by atoms with Crippen molar-refractivity contribution >= 4 is 36.7 Å². The van der Waals surface area contributed by atoms with Crippen molar-refractivity contribution in [1.29, 1.82) is 0 Å². The van der Waals surface area contributed by atoms with Crippen molar-refractivity contribution in [2.24, 2.45) is 0 Å². The quantitative estimate of drug-likeness (QED) is 0.665. The molecule has 7 heteroatoms. The van der Waals surface area contributed by atoms with Crippen LogP contribution in [0.4, 0.5) is 5.13 Å². The van der Waals surface area contributed by atoms with Gasteiger partial charge in [-0.3, -0.25) is 0 Å². The Kier molecular flexibility index (Phi) is 4.92. The minimum Gasteiger partial charge on any atom is -0.345 e. The second kappa shape index (κ2) is 7.22. The fourth-order valence-corrected chi connectivity index (χ4v) is 5.73. The van der Waals surface area contributed by atoms with E-state index in [0.29, 0.717) is 37.0 Å². The molecule has 27 heavy (non-hydrogen) atoms. The van der Waals surface area contributed by atoms with Gasteiger partial charge < -0.3 is 4.90 Å². The number of piperazine rings is 1. The molecule has 2 aromatic carbocycles. The van der Waals surface area contributed by atoms with E-state index in [1.54, 1.807) is 27.8 Å². The minimum atomic E-state index is -3.45. The fourth-order valence-electron chi connectivity index (χ4n) is 3.29. The Morgan fingerprint density at radius 3 is 2.26 bits per heavy atom. The number of anilines is 1. The van der Waals surface area contributed by atoms with Crippen LogP contribution in [0.5, 0.6) is 0 Å². The zero-order chi connectivity index (χ0) is 19.0. The highest BCUT2D eigenvalue weighted by atomic mass is 32.2. The first-order chi connectivity index (χ1) is 12.9. The van der Waals surface area contributed by atoms with Crippen LogP contribution < -0.4 is 4.90 Å². The van der Waals surface area contributed by atoms with Gasteiger partial charge in [0.05, 0.1) is 15.1 Å². The fraction of sp³-hybridized carbons (Fsp3) is 0.350. The molecule has 0 radical (unpaired) electrons. The topological polar surface area (TPSA) is 53.5 Å². The molecule has 3 aromatic rings. The molecule has 0 spiro atoms. The van der Waals surface area contributed by atoms with Crippen LogP contribution in [0.25, 0.3) is 10.2 Å². The van der Waals surface area contributed by atoms with E-state index in [9.17, 15) is 8.42 Å². The number of sulfonamides is 1. The molecule has 1 aliphatic heterocycles. The lowest BCUT2D eigenvalue weighted by Crippen LogP contribution is -2.48. The molecule has 0 atom stereocenters. The Morgan fingerprint density at radius 2 is 1.63 bits per heavy atom. The number of benzene rings is 2. The third kappa shape index (κ3) is 3.59. The van der Waals surface area contributed by atoms with E-state index >= 15 is 0 Å². The number of nitrogens with zero attached hydrogens (tertiary/aromatic N) is 3. The molecule has 0 unspecified atom stereocenters. The van der Waals surface area contributed by atoms with Crippen LogP contribution in [-0.2, 0) is 10.0 Å². The first-order valence-electron chi connectivity index (χ1n) is 9.16. The van der Waals surface area contributed by atoms with Gasteiger partial charge in [0.15, 0.2) is 5.13 Å². The van der Waals surface area contributed by atoms with Crippen LogP contribution in [0.2, 0.25) is 0 Å². The molecule has 1 fully saturated rings. The van der Waals surface area contributed by atoms with Gasteiger partial charge in [-0.25, -0.2) is 13.4 Å². The number of hydrogen-bond donors (Lipinski definition) is 0. The van der Waals surface area contributed by atoms with E-state index in [-0.39, 0.29) is 0 Å². The summed E-state index contributed by atoms with van der Waals surface area (Å²) in [6.07, 6.45) is 0. The van der Waals surface area contributed by atoms with Gasteiger partial charge in [-0.2, -0.15) is 4.31 Å². The second-order valence-electron chi connectivity index (χ2n) is 7.08. The minimum absolute atomic E-state index is 0.375. The van der Waals surface area contributed by atoms with E-state index in [1.165, 1.54) is 0 Å². The first kappa shape index (κ1) is 18.4. The van der Waals surface area contributed by atoms with Crippen LogP contribution in [-0.4, -0.2) is 43.9 Å². The van der Waals surface area contributed by atoms with E-state index < -0.39 is 10.0 Å². The summed E-state index contributed by atoms with van der Waals surface area (Å²) in [6, 6.07) is 15.4. The monoisotopic (exact) mass is 401 g/mol. The highest BCUT2D eigenvalue weighted by Crippen LogP contribution is 2.30. The van der Waals surface area contributed by atoms with Crippen molar-refractivity contribution < 1.29 is 8.42 Å². The summed E-state index contributed by atoms with van der Waals surface area (Å²) in [4.78, 5) is 7.24. The van der Waals surface area contributed by atoms with Gasteiger partial charge in [0, 0.05) is 26.2 Å². The molecule has 0 N–H and O–H groups in total. The molecule has 5 nitrogen and oxygen atoms in total. The van der Waals surface area contributed by atoms with Gasteiger partial charge in [-0.05, 0) is 35.7 Å². The number of aromatic nitrogens is 1. The lowest BCUT2D eigenvalue weighted by molar-refractivity contribution is 0.385. The van der Waals surface area contributed by atoms with Crippen molar-refractivity contribution in [3.63, 3.8) is 0 Å². The van der Waals surface area contributed by atoms with Gasteiger partial charge in [-0.1, -0.05) is 49.4 Å². The van der Waals surface area contributed by atoms with Crippen LogP contribution in [0.15, 0.2) is 53.4 Å². The van der Waals surface area contributed by atoms with Crippen molar-refractivity contribution in [2.45, 2.75) is 24.7 Å². The Balaban J connectivity index is 1.47. The van der Waals surface area contributed by atoms with E-state index in [1.807, 2.05) is 30.3 Å². The number of hydrogen-bond acceptors (Lipinski definition) is 5. The molecular formula is C20H23N3O2S2. The predicted molar refractivity (Wildman–Crippen MR) is 111 cm³/mol. The molecule has 0 saturated carbocycles. The summed E-state index contributed by atoms with van der Waals surface area (Å²) in [5, 5.41) is 0.967. The third-order valence-electron chi connectivity index (χ3n) is 4.98. The Labute approximate surface area is 164 Å². The van der Waals surface area contributed by atoms with Crippen molar-refractivity contribution in [1.82, 2.24) is 9.29 Å². The maximum atomic E-state index is 12.9. The Morgan fingerprint density at radius 1 is 0.963 bits per heavy atom. The average Bonchev–Trinajstić information content (AvgIpc) is 3.12. The molecule has 4 rings (SSSR count). The molecule has 142 valence electrons. The molecule has 1 saturated heterocycles. The highest BCUT2D eigenvalue weighted by molar-refractivity contribution is 7.89. The summed E-state index contributed by atoms with van der Waals surface area (Å²) >= 11 is 1.66. The zero-order valence-corrected chi connectivity index (χ0v) is 17.1. The van der Waals surface area contributed by atoms with Gasteiger partial charge in [0.2, 0.25) is 10.0 Å². The smallest absolute Gasteiger partial charge is 0.243 e. The number of thiazole rings is 1. The van der Waals surface area contributed by atoms with Crippen LogP contribution in [0, 0.1) is 0 Å². The SMILES string of the molecule is CC(C)c1ccc(S(=O)(=O)N2CCN(c3nc4ccccc4s3)CC2)cc1. The van der Waals surface area contributed by atoms with Gasteiger partial charge in [-0.15, -0.1) is 0 Å². The second-order valence-corrected chi connectivity index (χ2v) is 10.0. The molecule has 1 aliphatic rings. The summed E-state index contributed by atoms with van der Waals surface area (Å²) in [5.74, 6) is 0.388. The summed E-state index contributed by atoms with van der Waals surface area (Å²) in [6.45, 7) is 6.47. The first-order valence-corrected chi connectivity index (χ1v) is 11.4. The van der Waals surface area contributed by atoms with Gasteiger partial charge >= 0.3 is 0 Å². The van der Waals surface area contributed by atoms with Crippen LogP contribution >= 0.6 is 11.3 Å². The maximum absolute atomic E-state index is 12.9. The molecule has 1 aromatic heterocycles. The van der Waals surface area contributed by atoms with Crippen molar-refractivity contribution in [3.05, 3.63) is 54.1 Å². The van der Waals surface area contributed by atoms with Crippen LogP contribution in [0.3, 0.4) is 0 Å². The molecule has 0 amide bonds. The Bertz CT molecular complexity index is 1000. The van der Waals surface area contributed by atoms with Crippen molar-refractivity contribution in [3.8, 4) is 0 Å². The standard InChI is InChI=1S/C20H23N3O2S2/c1-15(2)16-7-9-17(10-8-16)27(24,25)23-13-11-22(12-14-23)20-21-18-5-3-4-6-19(18)26-20/h3-10,15H,11-14H2,1-2H3. The zero-order valence-electron chi connectivity index (χ0n) is 15.5. The normalized spacial score (nSPS) is 16.3. The Hall–Kier alpha value is -1.96. The molecular weight excluding hydrogens is 378 g/mol. The van der Waals surface area contributed by atoms with E-state index in [0.717, 1.165) is 20.9 Å². The van der Waals surface area contributed by atoms with Crippen LogP contribution in [0.1, 0.15) is 25.3 Å². The maximum Gasteiger partial charge on any atom is 0.243 e. The van der Waals surface area contributed by atoms with E-state index in [2.05, 4.69) is 29.8 Å². The van der Waals surface area contributed by atoms with Gasteiger partial charge in [0.1, 0.15) is 0 Å². The van der Waals surface area contributed by atoms with E-state index in [4.69, 9.17) is 0 Å². The average molecular weight is 402 g/mol. The largest absolute Gasteiger partial charge is 0.345 e. The molecule has 2 heterocycles. The lowest BCUT2D eigenvalue weighted by Gasteiger charge is -2.33. The molecule has 0 aliphatic carbocycles. The number of rotatable bonds is 4. The third-order valence-corrected chi connectivity index (χ3v) is 7.99. The summed E-state index contributed by atoms with van der Waals surface area (Å²) < 4.78 is 28.6. The predicted octanol–water partition coefficient (Wildman–Crippen LogP) is 3.93. The summed E-state index contributed by atoms with van der Waals surface area (Å²) in [7, 11) is -3.45. The van der Waals surface area contributed by atoms with Crippen molar-refractivity contribution in [2.75, 3.05) is 31.1 Å². The highest BCUT2D eigenvalue weighted by Gasteiger charge is 2.29. The van der Waals surface area contributed by atoms with Gasteiger partial charge in [0.25, 0.3) is 0 Å². The summed E-state index contributed by atoms with van der Waals surface area (Å²) in [5.41, 5.74) is 2.15.